The van der Waals surface area contributed by atoms with Crippen LogP contribution in [0.1, 0.15) is 27.8 Å². The van der Waals surface area contributed by atoms with Gasteiger partial charge in [-0.25, -0.2) is 13.1 Å². The second kappa shape index (κ2) is 5.83. The van der Waals surface area contributed by atoms with E-state index in [-0.39, 0.29) is 0 Å². The van der Waals surface area contributed by atoms with E-state index in [1.807, 2.05) is 32.0 Å². The lowest BCUT2D eigenvalue weighted by atomic mass is 10.1. The summed E-state index contributed by atoms with van der Waals surface area (Å²) in [7, 11) is -3.49. The van der Waals surface area contributed by atoms with E-state index in [1.165, 1.54) is 11.1 Å². The highest BCUT2D eigenvalue weighted by atomic mass is 32.2. The van der Waals surface area contributed by atoms with Crippen molar-refractivity contribution >= 4 is 10.0 Å². The van der Waals surface area contributed by atoms with Crippen molar-refractivity contribution in [2.45, 2.75) is 38.4 Å². The minimum Gasteiger partial charge on any atom is -0.309 e. The van der Waals surface area contributed by atoms with Gasteiger partial charge < -0.3 is 5.32 Å². The lowest BCUT2D eigenvalue weighted by molar-refractivity contribution is 0.580. The lowest BCUT2D eigenvalue weighted by Gasteiger charge is -2.10. The van der Waals surface area contributed by atoms with Crippen molar-refractivity contribution in [1.29, 1.82) is 0 Å². The zero-order chi connectivity index (χ0) is 15.7. The van der Waals surface area contributed by atoms with E-state index in [1.54, 1.807) is 6.07 Å². The molecule has 1 aliphatic rings. The summed E-state index contributed by atoms with van der Waals surface area (Å²) < 4.78 is 27.6. The first-order valence-electron chi connectivity index (χ1n) is 7.34. The molecule has 0 atom stereocenters. The molecule has 0 amide bonds. The van der Waals surface area contributed by atoms with Gasteiger partial charge >= 0.3 is 0 Å². The number of hydrogen-bond acceptors (Lipinski definition) is 3. The third-order valence-corrected chi connectivity index (χ3v) is 5.55. The van der Waals surface area contributed by atoms with Crippen LogP contribution in [0.5, 0.6) is 0 Å². The summed E-state index contributed by atoms with van der Waals surface area (Å²) in [5.74, 6) is 0. The molecule has 0 saturated heterocycles. The highest BCUT2D eigenvalue weighted by molar-refractivity contribution is 7.89. The SMILES string of the molecule is Cc1ccc(S(=O)(=O)NCc2ccc3c(c2)CNC3)c(C)c1. The van der Waals surface area contributed by atoms with Crippen LogP contribution in [0.2, 0.25) is 0 Å². The number of aryl methyl sites for hydroxylation is 2. The molecule has 0 aromatic heterocycles. The molecule has 22 heavy (non-hydrogen) atoms. The average Bonchev–Trinajstić information content (AvgIpc) is 2.92. The maximum absolute atomic E-state index is 12.4. The largest absolute Gasteiger partial charge is 0.309 e. The number of nitrogens with one attached hydrogen (secondary N) is 2. The van der Waals surface area contributed by atoms with Crippen LogP contribution in [0, 0.1) is 13.8 Å². The molecule has 1 aliphatic heterocycles. The van der Waals surface area contributed by atoms with E-state index < -0.39 is 10.0 Å². The van der Waals surface area contributed by atoms with Gasteiger partial charge in [0, 0.05) is 19.6 Å². The van der Waals surface area contributed by atoms with Crippen molar-refractivity contribution in [2.24, 2.45) is 0 Å². The Balaban J connectivity index is 1.77. The van der Waals surface area contributed by atoms with Crippen LogP contribution < -0.4 is 10.0 Å². The third kappa shape index (κ3) is 3.06. The Morgan fingerprint density at radius 1 is 1.05 bits per heavy atom. The average molecular weight is 316 g/mol. The van der Waals surface area contributed by atoms with Crippen LogP contribution in [-0.2, 0) is 29.7 Å². The summed E-state index contributed by atoms with van der Waals surface area (Å²) in [5, 5.41) is 3.29. The summed E-state index contributed by atoms with van der Waals surface area (Å²) >= 11 is 0. The van der Waals surface area contributed by atoms with E-state index in [9.17, 15) is 8.42 Å². The van der Waals surface area contributed by atoms with Gasteiger partial charge in [0.1, 0.15) is 0 Å². The maximum Gasteiger partial charge on any atom is 0.241 e. The molecule has 0 spiro atoms. The molecular weight excluding hydrogens is 296 g/mol. The van der Waals surface area contributed by atoms with Crippen molar-refractivity contribution in [3.8, 4) is 0 Å². The quantitative estimate of drug-likeness (QED) is 0.910. The molecule has 4 nitrogen and oxygen atoms in total. The van der Waals surface area contributed by atoms with E-state index in [0.29, 0.717) is 11.4 Å². The second-order valence-electron chi connectivity index (χ2n) is 5.80. The minimum atomic E-state index is -3.49. The highest BCUT2D eigenvalue weighted by Gasteiger charge is 2.17. The normalized spacial score (nSPS) is 14.1. The first-order valence-corrected chi connectivity index (χ1v) is 8.82. The Kier molecular flexibility index (Phi) is 4.04. The van der Waals surface area contributed by atoms with Gasteiger partial charge in [-0.05, 0) is 42.2 Å². The fourth-order valence-corrected chi connectivity index (χ4v) is 4.06. The highest BCUT2D eigenvalue weighted by Crippen LogP contribution is 2.19. The van der Waals surface area contributed by atoms with Gasteiger partial charge in [0.05, 0.1) is 4.90 Å². The monoisotopic (exact) mass is 316 g/mol. The van der Waals surface area contributed by atoms with Crippen LogP contribution >= 0.6 is 0 Å². The van der Waals surface area contributed by atoms with Crippen LogP contribution in [0.4, 0.5) is 0 Å². The minimum absolute atomic E-state index is 0.308. The van der Waals surface area contributed by atoms with Gasteiger partial charge in [-0.15, -0.1) is 0 Å². The van der Waals surface area contributed by atoms with Gasteiger partial charge in [-0.2, -0.15) is 0 Å². The Bertz CT molecular complexity index is 813. The zero-order valence-corrected chi connectivity index (χ0v) is 13.6. The fraction of sp³-hybridized carbons (Fsp3) is 0.294. The van der Waals surface area contributed by atoms with Gasteiger partial charge in [0.15, 0.2) is 0 Å². The molecule has 0 unspecified atom stereocenters. The molecule has 2 aromatic carbocycles. The Morgan fingerprint density at radius 2 is 1.82 bits per heavy atom. The van der Waals surface area contributed by atoms with Crippen molar-refractivity contribution in [3.05, 3.63) is 64.2 Å². The van der Waals surface area contributed by atoms with E-state index in [2.05, 4.69) is 22.2 Å². The molecule has 2 aromatic rings. The van der Waals surface area contributed by atoms with Crippen molar-refractivity contribution in [1.82, 2.24) is 10.0 Å². The van der Waals surface area contributed by atoms with Gasteiger partial charge in [-0.3, -0.25) is 0 Å². The Hall–Kier alpha value is -1.69. The molecule has 0 saturated carbocycles. The van der Waals surface area contributed by atoms with Crippen LogP contribution in [0.25, 0.3) is 0 Å². The van der Waals surface area contributed by atoms with Crippen molar-refractivity contribution < 1.29 is 8.42 Å². The molecule has 0 fully saturated rings. The molecule has 0 aliphatic carbocycles. The summed E-state index contributed by atoms with van der Waals surface area (Å²) in [6.07, 6.45) is 0. The first kappa shape index (κ1) is 15.2. The number of sulfonamides is 1. The predicted molar refractivity (Wildman–Crippen MR) is 86.9 cm³/mol. The van der Waals surface area contributed by atoms with E-state index in [4.69, 9.17) is 0 Å². The maximum atomic E-state index is 12.4. The summed E-state index contributed by atoms with van der Waals surface area (Å²) in [6.45, 7) is 5.83. The number of benzene rings is 2. The number of fused-ring (bicyclic) bond motifs is 1. The van der Waals surface area contributed by atoms with Gasteiger partial charge in [0.25, 0.3) is 0 Å². The Morgan fingerprint density at radius 3 is 2.59 bits per heavy atom. The van der Waals surface area contributed by atoms with Gasteiger partial charge in [0.2, 0.25) is 10.0 Å². The van der Waals surface area contributed by atoms with Crippen LogP contribution in [0.15, 0.2) is 41.3 Å². The predicted octanol–water partition coefficient (Wildman–Crippen LogP) is 2.39. The second-order valence-corrected chi connectivity index (χ2v) is 7.54. The van der Waals surface area contributed by atoms with Gasteiger partial charge in [-0.1, -0.05) is 35.9 Å². The first-order chi connectivity index (χ1) is 10.5. The summed E-state index contributed by atoms with van der Waals surface area (Å²) in [5.41, 5.74) is 5.35. The van der Waals surface area contributed by atoms with Crippen molar-refractivity contribution in [2.75, 3.05) is 0 Å². The molecule has 2 N–H and O–H groups in total. The van der Waals surface area contributed by atoms with E-state index >= 15 is 0 Å². The molecule has 0 radical (unpaired) electrons. The molecule has 5 heteroatoms. The molecule has 1 heterocycles. The lowest BCUT2D eigenvalue weighted by Crippen LogP contribution is -2.24. The van der Waals surface area contributed by atoms with Crippen LogP contribution in [-0.4, -0.2) is 8.42 Å². The molecule has 116 valence electrons. The molecule has 0 bridgehead atoms. The fourth-order valence-electron chi connectivity index (χ4n) is 2.82. The van der Waals surface area contributed by atoms with Crippen LogP contribution in [0.3, 0.4) is 0 Å². The topological polar surface area (TPSA) is 58.2 Å². The molecule has 3 rings (SSSR count). The molecular formula is C17H20N2O2S. The Labute approximate surface area is 131 Å². The smallest absolute Gasteiger partial charge is 0.241 e. The summed E-state index contributed by atoms with van der Waals surface area (Å²) in [6, 6.07) is 11.5. The summed E-state index contributed by atoms with van der Waals surface area (Å²) in [4.78, 5) is 0.348. The van der Waals surface area contributed by atoms with Crippen molar-refractivity contribution in [3.63, 3.8) is 0 Å². The van der Waals surface area contributed by atoms with E-state index in [0.717, 1.165) is 29.8 Å². The third-order valence-electron chi connectivity index (χ3n) is 3.99. The zero-order valence-electron chi connectivity index (χ0n) is 12.8. The standard InChI is InChI=1S/C17H20N2O2S/c1-12-3-6-17(13(2)7-12)22(20,21)19-9-14-4-5-15-10-18-11-16(15)8-14/h3-8,18-19H,9-11H2,1-2H3. The number of hydrogen-bond donors (Lipinski definition) is 2. The number of rotatable bonds is 4.